The zero-order valence-electron chi connectivity index (χ0n) is 16.0. The van der Waals surface area contributed by atoms with E-state index in [9.17, 15) is 17.6 Å². The van der Waals surface area contributed by atoms with Crippen molar-refractivity contribution in [1.82, 2.24) is 19.0 Å². The van der Waals surface area contributed by atoms with Crippen LogP contribution in [0.3, 0.4) is 0 Å². The Bertz CT molecular complexity index is 1390. The van der Waals surface area contributed by atoms with Crippen LogP contribution in [-0.2, 0) is 23.5 Å². The summed E-state index contributed by atoms with van der Waals surface area (Å²) in [6.45, 7) is 1.65. The molecule has 0 aliphatic rings. The van der Waals surface area contributed by atoms with Gasteiger partial charge in [0.25, 0.3) is 10.0 Å². The molecule has 2 heterocycles. The van der Waals surface area contributed by atoms with E-state index in [0.29, 0.717) is 22.2 Å². The lowest BCUT2D eigenvalue weighted by Crippen LogP contribution is -2.15. The van der Waals surface area contributed by atoms with Crippen molar-refractivity contribution < 1.29 is 17.6 Å². The van der Waals surface area contributed by atoms with Gasteiger partial charge in [-0.15, -0.1) is 0 Å². The third-order valence-corrected chi connectivity index (χ3v) is 6.92. The fourth-order valence-electron chi connectivity index (χ4n) is 3.21. The highest BCUT2D eigenvalue weighted by Gasteiger charge is 2.25. The van der Waals surface area contributed by atoms with Crippen LogP contribution in [0.25, 0.3) is 10.9 Å². The van der Waals surface area contributed by atoms with Gasteiger partial charge < -0.3 is 0 Å². The van der Waals surface area contributed by atoms with E-state index >= 15 is 0 Å². The van der Waals surface area contributed by atoms with E-state index in [1.165, 1.54) is 35.3 Å². The number of fused-ring (bicyclic) bond motifs is 1. The minimum absolute atomic E-state index is 0.0285. The molecule has 4 aromatic rings. The first-order valence-corrected chi connectivity index (χ1v) is 10.7. The third kappa shape index (κ3) is 3.29. The Balaban J connectivity index is 1.75. The maximum absolute atomic E-state index is 14.0. The van der Waals surface area contributed by atoms with Gasteiger partial charge in [-0.05, 0) is 30.7 Å². The maximum Gasteiger partial charge on any atom is 0.286 e. The van der Waals surface area contributed by atoms with E-state index in [0.717, 1.165) is 4.09 Å². The molecule has 4 rings (SSSR count). The van der Waals surface area contributed by atoms with Crippen molar-refractivity contribution in [3.63, 3.8) is 0 Å². The third-order valence-electron chi connectivity index (χ3n) is 4.90. The second kappa shape index (κ2) is 7.33. The summed E-state index contributed by atoms with van der Waals surface area (Å²) in [6.07, 6.45) is 2.55. The van der Waals surface area contributed by atoms with Crippen molar-refractivity contribution >= 4 is 38.3 Å². The molecule has 2 aromatic carbocycles. The molecule has 10 heteroatoms. The Morgan fingerprint density at radius 2 is 1.93 bits per heavy atom. The van der Waals surface area contributed by atoms with Crippen molar-refractivity contribution in [3.05, 3.63) is 76.5 Å². The van der Waals surface area contributed by atoms with Gasteiger partial charge in [0, 0.05) is 18.9 Å². The van der Waals surface area contributed by atoms with Crippen molar-refractivity contribution in [2.45, 2.75) is 18.2 Å². The highest BCUT2D eigenvalue weighted by molar-refractivity contribution is 7.90. The number of aromatic nitrogens is 4. The molecule has 0 spiro atoms. The monoisotopic (exact) mass is 446 g/mol. The SMILES string of the molecule is Cc1c(S(=O)(=O)n2ncc3ccc(CC(=O)c4c(F)cccc4Cl)cc32)cnn1C. The molecule has 0 bridgehead atoms. The lowest BCUT2D eigenvalue weighted by Gasteiger charge is -2.08. The Morgan fingerprint density at radius 3 is 2.60 bits per heavy atom. The van der Waals surface area contributed by atoms with Crippen molar-refractivity contribution in [2.24, 2.45) is 7.05 Å². The first-order valence-electron chi connectivity index (χ1n) is 8.88. The van der Waals surface area contributed by atoms with Crippen LogP contribution in [0.4, 0.5) is 4.39 Å². The zero-order chi connectivity index (χ0) is 21.6. The average Bonchev–Trinajstić information content (AvgIpc) is 3.25. The minimum Gasteiger partial charge on any atom is -0.294 e. The molecule has 2 aromatic heterocycles. The molecule has 0 amide bonds. The Morgan fingerprint density at radius 1 is 1.17 bits per heavy atom. The molecular weight excluding hydrogens is 431 g/mol. The van der Waals surface area contributed by atoms with Crippen LogP contribution in [-0.4, -0.2) is 33.2 Å². The number of carbonyl (C=O) groups excluding carboxylic acids is 1. The van der Waals surface area contributed by atoms with Crippen molar-refractivity contribution in [1.29, 1.82) is 0 Å². The molecule has 0 aliphatic heterocycles. The quantitative estimate of drug-likeness (QED) is 0.438. The minimum atomic E-state index is -3.99. The van der Waals surface area contributed by atoms with E-state index in [1.54, 1.807) is 32.2 Å². The van der Waals surface area contributed by atoms with Gasteiger partial charge in [-0.2, -0.15) is 22.7 Å². The van der Waals surface area contributed by atoms with Crippen LogP contribution in [0, 0.1) is 12.7 Å². The van der Waals surface area contributed by atoms with E-state index in [1.807, 2.05) is 0 Å². The number of aryl methyl sites for hydroxylation is 1. The average molecular weight is 447 g/mol. The number of rotatable bonds is 5. The number of Topliss-reactive ketones (excluding diaryl/α,β-unsaturated/α-hetero) is 1. The first-order chi connectivity index (χ1) is 14.2. The van der Waals surface area contributed by atoms with Gasteiger partial charge in [-0.3, -0.25) is 9.48 Å². The van der Waals surface area contributed by atoms with Gasteiger partial charge in [0.2, 0.25) is 0 Å². The maximum atomic E-state index is 14.0. The Hall–Kier alpha value is -3.04. The molecule has 0 aliphatic carbocycles. The molecule has 0 saturated carbocycles. The molecule has 30 heavy (non-hydrogen) atoms. The van der Waals surface area contributed by atoms with Gasteiger partial charge in [0.15, 0.2) is 5.78 Å². The molecule has 0 fully saturated rings. The first kappa shape index (κ1) is 20.2. The molecule has 0 unspecified atom stereocenters. The molecule has 0 radical (unpaired) electrons. The Kier molecular flexibility index (Phi) is 4.95. The lowest BCUT2D eigenvalue weighted by molar-refractivity contribution is 0.0989. The highest BCUT2D eigenvalue weighted by Crippen LogP contribution is 2.25. The molecular formula is C20H16ClFN4O3S. The van der Waals surface area contributed by atoms with Crippen molar-refractivity contribution in [2.75, 3.05) is 0 Å². The van der Waals surface area contributed by atoms with Gasteiger partial charge in [0.1, 0.15) is 10.7 Å². The summed E-state index contributed by atoms with van der Waals surface area (Å²) in [7, 11) is -2.34. The lowest BCUT2D eigenvalue weighted by atomic mass is 10.0. The van der Waals surface area contributed by atoms with Crippen LogP contribution in [0.5, 0.6) is 0 Å². The molecule has 0 atom stereocenters. The molecule has 7 nitrogen and oxygen atoms in total. The number of nitrogens with zero attached hydrogens (tertiary/aromatic N) is 4. The van der Waals surface area contributed by atoms with Gasteiger partial charge >= 0.3 is 0 Å². The van der Waals surface area contributed by atoms with Crippen LogP contribution in [0.15, 0.2) is 53.7 Å². The molecule has 154 valence electrons. The summed E-state index contributed by atoms with van der Waals surface area (Å²) in [5.74, 6) is -1.21. The highest BCUT2D eigenvalue weighted by atomic mass is 35.5. The van der Waals surface area contributed by atoms with Crippen LogP contribution < -0.4 is 0 Å². The topological polar surface area (TPSA) is 86.8 Å². The normalized spacial score (nSPS) is 11.9. The van der Waals surface area contributed by atoms with E-state index in [4.69, 9.17) is 11.6 Å². The second-order valence-electron chi connectivity index (χ2n) is 6.80. The fraction of sp³-hybridized carbons (Fsp3) is 0.150. The van der Waals surface area contributed by atoms with Crippen LogP contribution in [0.1, 0.15) is 21.6 Å². The van der Waals surface area contributed by atoms with Gasteiger partial charge in [-0.1, -0.05) is 29.8 Å². The number of benzene rings is 2. The summed E-state index contributed by atoms with van der Waals surface area (Å²) in [6, 6.07) is 8.92. The standard InChI is InChI=1S/C20H16ClFN4O3S/c1-12-19(11-23-25(12)2)30(28,29)26-17-8-13(6-7-14(17)10-24-26)9-18(27)20-15(21)4-3-5-16(20)22/h3-8,10-11H,9H2,1-2H3. The predicted octanol–water partition coefficient (Wildman–Crippen LogP) is 3.53. The van der Waals surface area contributed by atoms with E-state index < -0.39 is 21.6 Å². The summed E-state index contributed by atoms with van der Waals surface area (Å²) in [4.78, 5) is 12.6. The number of carbonyl (C=O) groups is 1. The Labute approximate surface area is 176 Å². The summed E-state index contributed by atoms with van der Waals surface area (Å²) in [5.41, 5.74) is 1.10. The number of hydrogen-bond donors (Lipinski definition) is 0. The summed E-state index contributed by atoms with van der Waals surface area (Å²) >= 11 is 5.98. The second-order valence-corrected chi connectivity index (χ2v) is 8.94. The van der Waals surface area contributed by atoms with Gasteiger partial charge in [0.05, 0.1) is 34.2 Å². The smallest absolute Gasteiger partial charge is 0.286 e. The number of halogens is 2. The van der Waals surface area contributed by atoms with E-state index in [-0.39, 0.29) is 21.9 Å². The van der Waals surface area contributed by atoms with Crippen LogP contribution in [0.2, 0.25) is 5.02 Å². The number of ketones is 1. The molecule has 0 N–H and O–H groups in total. The number of hydrogen-bond acceptors (Lipinski definition) is 5. The summed E-state index contributed by atoms with van der Waals surface area (Å²) < 4.78 is 42.6. The molecule has 0 saturated heterocycles. The fourth-order valence-corrected chi connectivity index (χ4v) is 4.93. The predicted molar refractivity (Wildman–Crippen MR) is 110 cm³/mol. The zero-order valence-corrected chi connectivity index (χ0v) is 17.6. The van der Waals surface area contributed by atoms with Gasteiger partial charge in [-0.25, -0.2) is 4.39 Å². The van der Waals surface area contributed by atoms with Crippen LogP contribution >= 0.6 is 11.6 Å². The van der Waals surface area contributed by atoms with E-state index in [2.05, 4.69) is 10.2 Å². The summed E-state index contributed by atoms with van der Waals surface area (Å²) in [5, 5.41) is 8.62. The van der Waals surface area contributed by atoms with Crippen molar-refractivity contribution in [3.8, 4) is 0 Å². The largest absolute Gasteiger partial charge is 0.294 e.